The molecule has 2 aromatic heterocycles. The Labute approximate surface area is 146 Å². The standard InChI is InChI=1S/C17H23N5OS/c1-12-3-4-15(19-9-12)20-10-14-5-7-22(11-14)13(2)16(23)21-17-18-6-8-24-17/h3-4,6,8-9,13-14H,5,7,10-11H2,1-2H3,(H,19,20)(H,18,21,23)/t13-,14+/m0/s1. The van der Waals surface area contributed by atoms with E-state index in [0.717, 1.165) is 37.4 Å². The van der Waals surface area contributed by atoms with Crippen molar-refractivity contribution in [3.63, 3.8) is 0 Å². The molecule has 7 heteroatoms. The molecule has 0 aromatic carbocycles. The molecule has 0 bridgehead atoms. The largest absolute Gasteiger partial charge is 0.370 e. The van der Waals surface area contributed by atoms with E-state index in [4.69, 9.17) is 0 Å². The lowest BCUT2D eigenvalue weighted by Gasteiger charge is -2.23. The highest BCUT2D eigenvalue weighted by Crippen LogP contribution is 2.20. The van der Waals surface area contributed by atoms with Crippen molar-refractivity contribution in [2.24, 2.45) is 5.92 Å². The van der Waals surface area contributed by atoms with Gasteiger partial charge in [0.15, 0.2) is 5.13 Å². The number of aryl methyl sites for hydroxylation is 1. The Morgan fingerprint density at radius 1 is 1.46 bits per heavy atom. The first-order valence-electron chi connectivity index (χ1n) is 8.23. The fourth-order valence-corrected chi connectivity index (χ4v) is 3.39. The summed E-state index contributed by atoms with van der Waals surface area (Å²) in [6.07, 6.45) is 4.66. The minimum atomic E-state index is -0.142. The Morgan fingerprint density at radius 3 is 3.04 bits per heavy atom. The van der Waals surface area contributed by atoms with Crippen LogP contribution in [0.5, 0.6) is 0 Å². The summed E-state index contributed by atoms with van der Waals surface area (Å²) in [5.41, 5.74) is 1.16. The van der Waals surface area contributed by atoms with Gasteiger partial charge in [-0.3, -0.25) is 9.69 Å². The number of thiazole rings is 1. The summed E-state index contributed by atoms with van der Waals surface area (Å²) in [6.45, 7) is 6.74. The maximum Gasteiger partial charge on any atom is 0.243 e. The maximum atomic E-state index is 12.3. The van der Waals surface area contributed by atoms with E-state index in [1.807, 2.05) is 31.5 Å². The summed E-state index contributed by atoms with van der Waals surface area (Å²) in [5.74, 6) is 1.45. The molecule has 2 atom stereocenters. The number of amides is 1. The Bertz CT molecular complexity index is 658. The number of nitrogens with one attached hydrogen (secondary N) is 2. The summed E-state index contributed by atoms with van der Waals surface area (Å²) in [5, 5.41) is 8.79. The Balaban J connectivity index is 1.45. The molecule has 1 saturated heterocycles. The summed E-state index contributed by atoms with van der Waals surface area (Å²) < 4.78 is 0. The number of carbonyl (C=O) groups excluding carboxylic acids is 1. The predicted octanol–water partition coefficient (Wildman–Crippen LogP) is 2.61. The minimum absolute atomic E-state index is 0.0127. The van der Waals surface area contributed by atoms with E-state index in [2.05, 4.69) is 31.6 Å². The zero-order valence-corrected chi connectivity index (χ0v) is 14.8. The third-order valence-corrected chi connectivity index (χ3v) is 5.08. The van der Waals surface area contributed by atoms with E-state index >= 15 is 0 Å². The molecule has 6 nitrogen and oxygen atoms in total. The molecule has 0 saturated carbocycles. The predicted molar refractivity (Wildman–Crippen MR) is 97.3 cm³/mol. The molecule has 0 aliphatic carbocycles. The van der Waals surface area contributed by atoms with Crippen molar-refractivity contribution >= 4 is 28.2 Å². The fraction of sp³-hybridized carbons (Fsp3) is 0.471. The van der Waals surface area contributed by atoms with Gasteiger partial charge in [-0.2, -0.15) is 0 Å². The van der Waals surface area contributed by atoms with E-state index in [1.54, 1.807) is 6.20 Å². The highest BCUT2D eigenvalue weighted by molar-refractivity contribution is 7.13. The number of pyridine rings is 1. The van der Waals surface area contributed by atoms with Gasteiger partial charge in [-0.05, 0) is 44.4 Å². The van der Waals surface area contributed by atoms with Crippen LogP contribution in [0, 0.1) is 12.8 Å². The van der Waals surface area contributed by atoms with E-state index in [0.29, 0.717) is 11.0 Å². The normalized spacial score (nSPS) is 19.2. The zero-order chi connectivity index (χ0) is 16.9. The number of anilines is 2. The Kier molecular flexibility index (Phi) is 5.42. The summed E-state index contributed by atoms with van der Waals surface area (Å²) in [6, 6.07) is 3.92. The van der Waals surface area contributed by atoms with Crippen LogP contribution in [0.2, 0.25) is 0 Å². The molecule has 1 amide bonds. The highest BCUT2D eigenvalue weighted by Gasteiger charge is 2.29. The van der Waals surface area contributed by atoms with Crippen molar-refractivity contribution in [3.05, 3.63) is 35.5 Å². The van der Waals surface area contributed by atoms with Crippen LogP contribution < -0.4 is 10.6 Å². The molecular weight excluding hydrogens is 322 g/mol. The zero-order valence-electron chi connectivity index (χ0n) is 14.0. The van der Waals surface area contributed by atoms with E-state index < -0.39 is 0 Å². The average molecular weight is 345 g/mol. The number of rotatable bonds is 6. The van der Waals surface area contributed by atoms with Gasteiger partial charge < -0.3 is 10.6 Å². The Morgan fingerprint density at radius 2 is 2.33 bits per heavy atom. The molecule has 3 heterocycles. The van der Waals surface area contributed by atoms with Gasteiger partial charge in [0.1, 0.15) is 5.82 Å². The van der Waals surface area contributed by atoms with Crippen LogP contribution in [0.25, 0.3) is 0 Å². The minimum Gasteiger partial charge on any atom is -0.370 e. The number of aromatic nitrogens is 2. The third kappa shape index (κ3) is 4.30. The van der Waals surface area contributed by atoms with Crippen LogP contribution in [0.3, 0.4) is 0 Å². The molecule has 1 fully saturated rings. The van der Waals surface area contributed by atoms with Crippen molar-refractivity contribution < 1.29 is 4.79 Å². The van der Waals surface area contributed by atoms with Crippen molar-refractivity contribution in [3.8, 4) is 0 Å². The SMILES string of the molecule is Cc1ccc(NC[C@H]2CCN([C@@H](C)C(=O)Nc3nccs3)C2)nc1. The molecule has 0 unspecified atom stereocenters. The van der Waals surface area contributed by atoms with Gasteiger partial charge in [-0.15, -0.1) is 11.3 Å². The van der Waals surface area contributed by atoms with Gasteiger partial charge in [0.25, 0.3) is 0 Å². The van der Waals surface area contributed by atoms with Crippen molar-refractivity contribution in [1.82, 2.24) is 14.9 Å². The van der Waals surface area contributed by atoms with Crippen LogP contribution in [-0.4, -0.2) is 46.5 Å². The summed E-state index contributed by atoms with van der Waals surface area (Å²) >= 11 is 1.44. The van der Waals surface area contributed by atoms with Crippen LogP contribution in [0.4, 0.5) is 10.9 Å². The summed E-state index contributed by atoms with van der Waals surface area (Å²) in [4.78, 5) is 23.0. The van der Waals surface area contributed by atoms with Gasteiger partial charge >= 0.3 is 0 Å². The Hall–Kier alpha value is -1.99. The lowest BCUT2D eigenvalue weighted by molar-refractivity contribution is -0.120. The molecule has 128 valence electrons. The van der Waals surface area contributed by atoms with E-state index in [9.17, 15) is 4.79 Å². The monoisotopic (exact) mass is 345 g/mol. The van der Waals surface area contributed by atoms with Gasteiger partial charge in [0, 0.05) is 30.9 Å². The highest BCUT2D eigenvalue weighted by atomic mass is 32.1. The van der Waals surface area contributed by atoms with Crippen LogP contribution >= 0.6 is 11.3 Å². The van der Waals surface area contributed by atoms with Gasteiger partial charge in [-0.25, -0.2) is 9.97 Å². The van der Waals surface area contributed by atoms with E-state index in [-0.39, 0.29) is 11.9 Å². The van der Waals surface area contributed by atoms with Crippen LogP contribution in [-0.2, 0) is 4.79 Å². The molecule has 0 spiro atoms. The first kappa shape index (κ1) is 16.9. The molecule has 1 aliphatic rings. The molecule has 2 aromatic rings. The number of hydrogen-bond donors (Lipinski definition) is 2. The van der Waals surface area contributed by atoms with E-state index in [1.165, 1.54) is 11.3 Å². The first-order valence-corrected chi connectivity index (χ1v) is 9.10. The lowest BCUT2D eigenvalue weighted by Crippen LogP contribution is -2.41. The van der Waals surface area contributed by atoms with Gasteiger partial charge in [0.2, 0.25) is 5.91 Å². The molecule has 2 N–H and O–H groups in total. The number of nitrogens with zero attached hydrogens (tertiary/aromatic N) is 3. The van der Waals surface area contributed by atoms with Gasteiger partial charge in [-0.1, -0.05) is 6.07 Å². The second kappa shape index (κ2) is 7.72. The number of carbonyl (C=O) groups is 1. The topological polar surface area (TPSA) is 70.2 Å². The van der Waals surface area contributed by atoms with Crippen molar-refractivity contribution in [1.29, 1.82) is 0 Å². The van der Waals surface area contributed by atoms with Gasteiger partial charge in [0.05, 0.1) is 6.04 Å². The smallest absolute Gasteiger partial charge is 0.243 e. The lowest BCUT2D eigenvalue weighted by atomic mass is 10.1. The first-order chi connectivity index (χ1) is 11.6. The maximum absolute atomic E-state index is 12.3. The quantitative estimate of drug-likeness (QED) is 0.842. The molecule has 1 aliphatic heterocycles. The fourth-order valence-electron chi connectivity index (χ4n) is 2.86. The molecule has 0 radical (unpaired) electrons. The van der Waals surface area contributed by atoms with Crippen LogP contribution in [0.1, 0.15) is 18.9 Å². The van der Waals surface area contributed by atoms with Crippen molar-refractivity contribution in [2.45, 2.75) is 26.3 Å². The molecular formula is C17H23N5OS. The second-order valence-corrected chi connectivity index (χ2v) is 7.15. The second-order valence-electron chi connectivity index (χ2n) is 6.25. The number of hydrogen-bond acceptors (Lipinski definition) is 6. The molecule has 24 heavy (non-hydrogen) atoms. The van der Waals surface area contributed by atoms with Crippen LogP contribution in [0.15, 0.2) is 29.9 Å². The number of likely N-dealkylation sites (tertiary alicyclic amines) is 1. The average Bonchev–Trinajstić information content (AvgIpc) is 3.25. The summed E-state index contributed by atoms with van der Waals surface area (Å²) in [7, 11) is 0. The third-order valence-electron chi connectivity index (χ3n) is 4.39. The molecule has 3 rings (SSSR count). The van der Waals surface area contributed by atoms with Crippen molar-refractivity contribution in [2.75, 3.05) is 30.3 Å².